The molecule has 2 aromatic heterocycles. The lowest BCUT2D eigenvalue weighted by molar-refractivity contribution is 0.687. The highest BCUT2D eigenvalue weighted by Gasteiger charge is 2.13. The molecule has 1 aromatic carbocycles. The highest BCUT2D eigenvalue weighted by Crippen LogP contribution is 2.31. The maximum atomic E-state index is 6.23. The van der Waals surface area contributed by atoms with Crippen molar-refractivity contribution in [3.63, 3.8) is 0 Å². The van der Waals surface area contributed by atoms with Gasteiger partial charge in [0.2, 0.25) is 0 Å². The Labute approximate surface area is 138 Å². The number of nitrogens with two attached hydrogens (primary N) is 1. The fourth-order valence-corrected chi connectivity index (χ4v) is 2.70. The van der Waals surface area contributed by atoms with Crippen molar-refractivity contribution in [3.8, 4) is 11.3 Å². The van der Waals surface area contributed by atoms with Crippen LogP contribution in [0.4, 0.5) is 5.82 Å². The smallest absolute Gasteiger partial charge is 0.169 e. The molecule has 0 unspecified atom stereocenters. The van der Waals surface area contributed by atoms with Crippen molar-refractivity contribution in [1.82, 2.24) is 14.8 Å². The second-order valence-corrected chi connectivity index (χ2v) is 5.57. The molecule has 2 heterocycles. The lowest BCUT2D eigenvalue weighted by atomic mass is 10.1. The molecule has 0 amide bonds. The molecule has 3 aromatic rings. The number of nitrogens with one attached hydrogen (secondary N) is 1. The number of anilines is 1. The van der Waals surface area contributed by atoms with Crippen LogP contribution in [0.25, 0.3) is 22.2 Å². The van der Waals surface area contributed by atoms with Crippen LogP contribution in [-0.2, 0) is 6.54 Å². The van der Waals surface area contributed by atoms with Gasteiger partial charge in [-0.05, 0) is 43.4 Å². The third-order valence-corrected chi connectivity index (χ3v) is 3.73. The van der Waals surface area contributed by atoms with Crippen molar-refractivity contribution in [2.24, 2.45) is 5.73 Å². The fraction of sp³-hybridized carbons (Fsp3) is 0.133. The standard InChI is InChI=1S/C15H14ClN5S/c1-2-21-12-6-5-9(13-11(16)4-3-7-18-13)8-10(12)14(20-21)19-15(17)22/h3-8H,2H2,1H3,(H3,17,19,20,22). The molecule has 3 N–H and O–H groups in total. The molecule has 7 heteroatoms. The summed E-state index contributed by atoms with van der Waals surface area (Å²) < 4.78 is 1.89. The maximum Gasteiger partial charge on any atom is 0.169 e. The summed E-state index contributed by atoms with van der Waals surface area (Å²) in [6.45, 7) is 2.78. The van der Waals surface area contributed by atoms with Crippen molar-refractivity contribution in [1.29, 1.82) is 0 Å². The van der Waals surface area contributed by atoms with Crippen molar-refractivity contribution < 1.29 is 0 Å². The molecule has 0 fully saturated rings. The van der Waals surface area contributed by atoms with E-state index in [2.05, 4.69) is 15.4 Å². The molecule has 0 aliphatic rings. The molecule has 0 saturated carbocycles. The van der Waals surface area contributed by atoms with E-state index in [4.69, 9.17) is 29.6 Å². The number of thiocarbonyl (C=S) groups is 1. The van der Waals surface area contributed by atoms with Gasteiger partial charge in [-0.25, -0.2) is 0 Å². The minimum Gasteiger partial charge on any atom is -0.376 e. The van der Waals surface area contributed by atoms with Crippen LogP contribution in [0, 0.1) is 0 Å². The lowest BCUT2D eigenvalue weighted by Crippen LogP contribution is -2.19. The Morgan fingerprint density at radius 3 is 2.91 bits per heavy atom. The zero-order chi connectivity index (χ0) is 15.7. The first-order valence-electron chi connectivity index (χ1n) is 6.78. The molecule has 5 nitrogen and oxygen atoms in total. The van der Waals surface area contributed by atoms with Gasteiger partial charge in [0, 0.05) is 23.7 Å². The van der Waals surface area contributed by atoms with Gasteiger partial charge in [0.25, 0.3) is 0 Å². The number of hydrogen-bond donors (Lipinski definition) is 2. The van der Waals surface area contributed by atoms with Crippen molar-refractivity contribution in [3.05, 3.63) is 41.6 Å². The molecular weight excluding hydrogens is 318 g/mol. The average Bonchev–Trinajstić information content (AvgIpc) is 2.84. The molecule has 0 radical (unpaired) electrons. The van der Waals surface area contributed by atoms with E-state index in [1.807, 2.05) is 35.9 Å². The quantitative estimate of drug-likeness (QED) is 0.720. The molecule has 3 rings (SSSR count). The third kappa shape index (κ3) is 2.63. The van der Waals surface area contributed by atoms with Gasteiger partial charge in [-0.15, -0.1) is 0 Å². The van der Waals surface area contributed by atoms with Crippen molar-refractivity contribution >= 4 is 45.7 Å². The predicted molar refractivity (Wildman–Crippen MR) is 94.1 cm³/mol. The molecular formula is C15H14ClN5S. The second kappa shape index (κ2) is 5.90. The SMILES string of the molecule is CCn1nc(NC(N)=S)c2cc(-c3ncccc3Cl)ccc21. The Morgan fingerprint density at radius 2 is 2.23 bits per heavy atom. The number of benzene rings is 1. The van der Waals surface area contributed by atoms with E-state index in [9.17, 15) is 0 Å². The van der Waals surface area contributed by atoms with Gasteiger partial charge < -0.3 is 11.1 Å². The minimum atomic E-state index is 0.184. The Kier molecular flexibility index (Phi) is 3.96. The Balaban J connectivity index is 2.20. The Hall–Kier alpha value is -2.18. The van der Waals surface area contributed by atoms with E-state index in [0.29, 0.717) is 10.8 Å². The normalized spacial score (nSPS) is 10.8. The maximum absolute atomic E-state index is 6.23. The first-order valence-corrected chi connectivity index (χ1v) is 7.56. The van der Waals surface area contributed by atoms with Crippen LogP contribution >= 0.6 is 23.8 Å². The molecule has 22 heavy (non-hydrogen) atoms. The van der Waals surface area contributed by atoms with Gasteiger partial charge in [-0.3, -0.25) is 9.67 Å². The molecule has 0 atom stereocenters. The lowest BCUT2D eigenvalue weighted by Gasteiger charge is -2.05. The highest BCUT2D eigenvalue weighted by molar-refractivity contribution is 7.80. The van der Waals surface area contributed by atoms with Gasteiger partial charge in [0.1, 0.15) is 0 Å². The second-order valence-electron chi connectivity index (χ2n) is 4.72. The minimum absolute atomic E-state index is 0.184. The highest BCUT2D eigenvalue weighted by atomic mass is 35.5. The fourth-order valence-electron chi connectivity index (χ4n) is 2.37. The predicted octanol–water partition coefficient (Wildman–Crippen LogP) is 3.43. The number of rotatable bonds is 3. The van der Waals surface area contributed by atoms with Gasteiger partial charge in [0.15, 0.2) is 10.9 Å². The van der Waals surface area contributed by atoms with Gasteiger partial charge in [0.05, 0.1) is 16.2 Å². The largest absolute Gasteiger partial charge is 0.376 e. The van der Waals surface area contributed by atoms with Gasteiger partial charge in [-0.2, -0.15) is 5.10 Å². The van der Waals surface area contributed by atoms with E-state index in [-0.39, 0.29) is 5.11 Å². The summed E-state index contributed by atoms with van der Waals surface area (Å²) in [6.07, 6.45) is 1.72. The van der Waals surface area contributed by atoms with Gasteiger partial charge in [-0.1, -0.05) is 17.7 Å². The molecule has 0 bridgehead atoms. The topological polar surface area (TPSA) is 68.8 Å². The van der Waals surface area contributed by atoms with Crippen LogP contribution in [0.5, 0.6) is 0 Å². The van der Waals surface area contributed by atoms with E-state index < -0.39 is 0 Å². The summed E-state index contributed by atoms with van der Waals surface area (Å²) >= 11 is 11.1. The first-order chi connectivity index (χ1) is 10.6. The number of aromatic nitrogens is 3. The Morgan fingerprint density at radius 1 is 1.41 bits per heavy atom. The number of halogens is 1. The van der Waals surface area contributed by atoms with E-state index in [1.54, 1.807) is 12.3 Å². The van der Waals surface area contributed by atoms with E-state index in [0.717, 1.165) is 28.7 Å². The van der Waals surface area contributed by atoms with Crippen molar-refractivity contribution in [2.75, 3.05) is 5.32 Å². The van der Waals surface area contributed by atoms with Crippen LogP contribution in [0.3, 0.4) is 0 Å². The van der Waals surface area contributed by atoms with Crippen LogP contribution in [0.2, 0.25) is 5.02 Å². The van der Waals surface area contributed by atoms with E-state index >= 15 is 0 Å². The summed E-state index contributed by atoms with van der Waals surface area (Å²) in [4.78, 5) is 4.34. The zero-order valence-corrected chi connectivity index (χ0v) is 13.4. The molecule has 0 spiro atoms. The van der Waals surface area contributed by atoms with Crippen LogP contribution < -0.4 is 11.1 Å². The number of fused-ring (bicyclic) bond motifs is 1. The summed E-state index contributed by atoms with van der Waals surface area (Å²) in [5.41, 5.74) is 8.22. The first kappa shape index (κ1) is 14.7. The van der Waals surface area contributed by atoms with Crippen LogP contribution in [0.15, 0.2) is 36.5 Å². The number of nitrogens with zero attached hydrogens (tertiary/aromatic N) is 3. The Bertz CT molecular complexity index is 858. The summed E-state index contributed by atoms with van der Waals surface area (Å²) in [7, 11) is 0. The molecule has 112 valence electrons. The molecule has 0 saturated heterocycles. The monoisotopic (exact) mass is 331 g/mol. The average molecular weight is 332 g/mol. The number of aryl methyl sites for hydroxylation is 1. The van der Waals surface area contributed by atoms with Crippen LogP contribution in [0.1, 0.15) is 6.92 Å². The number of pyridine rings is 1. The summed E-state index contributed by atoms with van der Waals surface area (Å²) in [5.74, 6) is 0.637. The van der Waals surface area contributed by atoms with Gasteiger partial charge >= 0.3 is 0 Å². The summed E-state index contributed by atoms with van der Waals surface area (Å²) in [5, 5.41) is 9.12. The zero-order valence-electron chi connectivity index (χ0n) is 11.9. The molecule has 0 aliphatic carbocycles. The summed E-state index contributed by atoms with van der Waals surface area (Å²) in [6, 6.07) is 9.59. The van der Waals surface area contributed by atoms with Crippen molar-refractivity contribution in [2.45, 2.75) is 13.5 Å². The van der Waals surface area contributed by atoms with Crippen LogP contribution in [-0.4, -0.2) is 19.9 Å². The van der Waals surface area contributed by atoms with E-state index in [1.165, 1.54) is 0 Å². The number of hydrogen-bond acceptors (Lipinski definition) is 3. The molecule has 0 aliphatic heterocycles. The third-order valence-electron chi connectivity index (χ3n) is 3.32.